The average molecular weight is 359 g/mol. The maximum Gasteiger partial charge on any atom is 0.336 e. The largest absolute Gasteiger partial charge is 0.463 e. The summed E-state index contributed by atoms with van der Waals surface area (Å²) in [4.78, 5) is 17.5. The third kappa shape index (κ3) is 3.66. The summed E-state index contributed by atoms with van der Waals surface area (Å²) >= 11 is 0. The fourth-order valence-corrected chi connectivity index (χ4v) is 2.99. The summed E-state index contributed by atoms with van der Waals surface area (Å²) in [6.07, 6.45) is 3.68. The minimum Gasteiger partial charge on any atom is -0.463 e. The van der Waals surface area contributed by atoms with Gasteiger partial charge in [0.25, 0.3) is 5.91 Å². The SMILES string of the molecule is CCCCC(CC)C(=O)n1nc(OCC)nc1-c1ccc2c(c1)OCO2. The molecule has 0 saturated heterocycles. The Morgan fingerprint density at radius 3 is 2.81 bits per heavy atom. The summed E-state index contributed by atoms with van der Waals surface area (Å²) in [5.74, 6) is 1.66. The van der Waals surface area contributed by atoms with Gasteiger partial charge in [-0.3, -0.25) is 4.79 Å². The molecule has 1 aromatic heterocycles. The van der Waals surface area contributed by atoms with Gasteiger partial charge in [-0.15, -0.1) is 5.10 Å². The molecular weight excluding hydrogens is 334 g/mol. The molecule has 1 aliphatic rings. The minimum atomic E-state index is -0.0844. The molecule has 1 aliphatic heterocycles. The maximum absolute atomic E-state index is 13.1. The molecule has 0 fully saturated rings. The Kier molecular flexibility index (Phi) is 5.75. The second-order valence-electron chi connectivity index (χ2n) is 6.22. The molecule has 0 saturated carbocycles. The predicted octanol–water partition coefficient (Wildman–Crippen LogP) is 3.93. The second-order valence-corrected chi connectivity index (χ2v) is 6.22. The molecule has 0 amide bonds. The molecule has 0 bridgehead atoms. The van der Waals surface area contributed by atoms with Crippen LogP contribution in [0.15, 0.2) is 18.2 Å². The molecular formula is C19H25N3O4. The number of rotatable bonds is 8. The number of aromatic nitrogens is 3. The number of benzene rings is 1. The van der Waals surface area contributed by atoms with E-state index in [9.17, 15) is 4.79 Å². The van der Waals surface area contributed by atoms with E-state index >= 15 is 0 Å². The van der Waals surface area contributed by atoms with Crippen LogP contribution in [-0.4, -0.2) is 34.1 Å². The van der Waals surface area contributed by atoms with E-state index < -0.39 is 0 Å². The summed E-state index contributed by atoms with van der Waals surface area (Å²) < 4.78 is 17.6. The number of carbonyl (C=O) groups is 1. The number of hydrogen-bond donors (Lipinski definition) is 0. The number of ether oxygens (including phenoxy) is 3. The van der Waals surface area contributed by atoms with Crippen LogP contribution in [0.5, 0.6) is 17.5 Å². The van der Waals surface area contributed by atoms with Crippen molar-refractivity contribution in [1.82, 2.24) is 14.8 Å². The van der Waals surface area contributed by atoms with Crippen molar-refractivity contribution >= 4 is 5.91 Å². The van der Waals surface area contributed by atoms with Gasteiger partial charge in [0, 0.05) is 11.5 Å². The van der Waals surface area contributed by atoms with Crippen LogP contribution in [0.1, 0.15) is 51.2 Å². The van der Waals surface area contributed by atoms with Gasteiger partial charge >= 0.3 is 6.01 Å². The predicted molar refractivity (Wildman–Crippen MR) is 96.7 cm³/mol. The van der Waals surface area contributed by atoms with Crippen LogP contribution in [0.25, 0.3) is 11.4 Å². The zero-order valence-corrected chi connectivity index (χ0v) is 15.5. The average Bonchev–Trinajstić information content (AvgIpc) is 3.28. The lowest BCUT2D eigenvalue weighted by Crippen LogP contribution is -2.23. The van der Waals surface area contributed by atoms with Crippen LogP contribution in [-0.2, 0) is 0 Å². The van der Waals surface area contributed by atoms with E-state index in [1.54, 1.807) is 0 Å². The van der Waals surface area contributed by atoms with E-state index in [2.05, 4.69) is 17.0 Å². The van der Waals surface area contributed by atoms with Gasteiger partial charge in [0.2, 0.25) is 6.79 Å². The van der Waals surface area contributed by atoms with Gasteiger partial charge in [-0.05, 0) is 38.0 Å². The molecule has 0 N–H and O–H groups in total. The Bertz CT molecular complexity index is 772. The van der Waals surface area contributed by atoms with Crippen molar-refractivity contribution in [3.8, 4) is 28.9 Å². The zero-order valence-electron chi connectivity index (χ0n) is 15.5. The first kappa shape index (κ1) is 18.2. The Hall–Kier alpha value is -2.57. The normalized spacial score (nSPS) is 13.7. The molecule has 0 spiro atoms. The van der Waals surface area contributed by atoms with Crippen LogP contribution in [0.4, 0.5) is 0 Å². The quantitative estimate of drug-likeness (QED) is 0.711. The van der Waals surface area contributed by atoms with Gasteiger partial charge in [0.05, 0.1) is 6.61 Å². The Morgan fingerprint density at radius 2 is 2.08 bits per heavy atom. The highest BCUT2D eigenvalue weighted by atomic mass is 16.7. The van der Waals surface area contributed by atoms with E-state index in [-0.39, 0.29) is 24.6 Å². The molecule has 0 radical (unpaired) electrons. The van der Waals surface area contributed by atoms with Crippen LogP contribution in [0.2, 0.25) is 0 Å². The summed E-state index contributed by atoms with van der Waals surface area (Å²) in [6.45, 7) is 6.64. The van der Waals surface area contributed by atoms with Gasteiger partial charge in [0.1, 0.15) is 0 Å². The monoisotopic (exact) mass is 359 g/mol. The number of carbonyl (C=O) groups excluding carboxylic acids is 1. The number of hydrogen-bond acceptors (Lipinski definition) is 6. The van der Waals surface area contributed by atoms with E-state index in [4.69, 9.17) is 14.2 Å². The fraction of sp³-hybridized carbons (Fsp3) is 0.526. The Labute approximate surface area is 153 Å². The number of unbranched alkanes of at least 4 members (excludes halogenated alkanes) is 1. The molecule has 1 unspecified atom stereocenters. The van der Waals surface area contributed by atoms with Crippen molar-refractivity contribution in [3.63, 3.8) is 0 Å². The Balaban J connectivity index is 1.97. The highest BCUT2D eigenvalue weighted by Crippen LogP contribution is 2.36. The van der Waals surface area contributed by atoms with Crippen LogP contribution < -0.4 is 14.2 Å². The lowest BCUT2D eigenvalue weighted by Gasteiger charge is -2.14. The summed E-state index contributed by atoms with van der Waals surface area (Å²) in [6, 6.07) is 5.69. The topological polar surface area (TPSA) is 75.5 Å². The molecule has 3 rings (SSSR count). The highest BCUT2D eigenvalue weighted by molar-refractivity contribution is 5.84. The van der Waals surface area contributed by atoms with Gasteiger partial charge < -0.3 is 14.2 Å². The lowest BCUT2D eigenvalue weighted by molar-refractivity contribution is 0.0804. The molecule has 7 nitrogen and oxygen atoms in total. The lowest BCUT2D eigenvalue weighted by atomic mass is 9.98. The van der Waals surface area contributed by atoms with Gasteiger partial charge in [0.15, 0.2) is 17.3 Å². The first-order valence-corrected chi connectivity index (χ1v) is 9.22. The van der Waals surface area contributed by atoms with Crippen molar-refractivity contribution in [2.45, 2.75) is 46.5 Å². The van der Waals surface area contributed by atoms with E-state index in [1.165, 1.54) is 4.68 Å². The smallest absolute Gasteiger partial charge is 0.336 e. The summed E-state index contributed by atoms with van der Waals surface area (Å²) in [5.41, 5.74) is 0.742. The molecule has 1 aromatic carbocycles. The summed E-state index contributed by atoms with van der Waals surface area (Å²) in [5, 5.41) is 4.31. The maximum atomic E-state index is 13.1. The van der Waals surface area contributed by atoms with E-state index in [0.29, 0.717) is 23.9 Å². The Morgan fingerprint density at radius 1 is 1.27 bits per heavy atom. The van der Waals surface area contributed by atoms with Crippen molar-refractivity contribution in [2.24, 2.45) is 5.92 Å². The van der Waals surface area contributed by atoms with Gasteiger partial charge in [-0.2, -0.15) is 9.67 Å². The van der Waals surface area contributed by atoms with Crippen molar-refractivity contribution < 1.29 is 19.0 Å². The molecule has 7 heteroatoms. The molecule has 2 aromatic rings. The second kappa shape index (κ2) is 8.21. The first-order chi connectivity index (χ1) is 12.7. The number of nitrogens with zero attached hydrogens (tertiary/aromatic N) is 3. The third-order valence-corrected chi connectivity index (χ3v) is 4.45. The van der Waals surface area contributed by atoms with E-state index in [0.717, 1.165) is 31.2 Å². The molecule has 0 aliphatic carbocycles. The van der Waals surface area contributed by atoms with Gasteiger partial charge in [-0.1, -0.05) is 26.7 Å². The highest BCUT2D eigenvalue weighted by Gasteiger charge is 2.25. The van der Waals surface area contributed by atoms with Crippen molar-refractivity contribution in [3.05, 3.63) is 18.2 Å². The molecule has 2 heterocycles. The molecule has 26 heavy (non-hydrogen) atoms. The first-order valence-electron chi connectivity index (χ1n) is 9.22. The van der Waals surface area contributed by atoms with Crippen LogP contribution in [0.3, 0.4) is 0 Å². The summed E-state index contributed by atoms with van der Waals surface area (Å²) in [7, 11) is 0. The van der Waals surface area contributed by atoms with Crippen LogP contribution >= 0.6 is 0 Å². The minimum absolute atomic E-state index is 0.0490. The van der Waals surface area contributed by atoms with Crippen molar-refractivity contribution in [1.29, 1.82) is 0 Å². The van der Waals surface area contributed by atoms with E-state index in [1.807, 2.05) is 32.0 Å². The van der Waals surface area contributed by atoms with Crippen molar-refractivity contribution in [2.75, 3.05) is 13.4 Å². The van der Waals surface area contributed by atoms with Gasteiger partial charge in [-0.25, -0.2) is 0 Å². The van der Waals surface area contributed by atoms with Crippen LogP contribution in [0, 0.1) is 5.92 Å². The number of fused-ring (bicyclic) bond motifs is 1. The molecule has 140 valence electrons. The fourth-order valence-electron chi connectivity index (χ4n) is 2.99. The third-order valence-electron chi connectivity index (χ3n) is 4.45. The standard InChI is InChI=1S/C19H25N3O4/c1-4-7-8-13(5-2)18(23)22-17(20-19(21-22)24-6-3)14-9-10-15-16(11-14)26-12-25-15/h9-11,13H,4-8,12H2,1-3H3. The molecule has 1 atom stereocenters. The zero-order chi connectivity index (χ0) is 18.5.